The maximum Gasteiger partial charge on any atom is 0.334 e. The number of rotatable bonds is 6. The van der Waals surface area contributed by atoms with Gasteiger partial charge >= 0.3 is 17.8 Å². The van der Waals surface area contributed by atoms with Gasteiger partial charge in [-0.1, -0.05) is 36.8 Å². The van der Waals surface area contributed by atoms with Gasteiger partial charge in [-0.25, -0.2) is 9.69 Å². The Morgan fingerprint density at radius 3 is 2.16 bits per heavy atom. The van der Waals surface area contributed by atoms with E-state index in [-0.39, 0.29) is 6.04 Å². The molecule has 5 amide bonds. The summed E-state index contributed by atoms with van der Waals surface area (Å²) in [7, 11) is 0. The quantitative estimate of drug-likeness (QED) is 0.629. The molecular weight excluding hydrogens is 322 g/mol. The van der Waals surface area contributed by atoms with E-state index in [9.17, 15) is 19.2 Å². The van der Waals surface area contributed by atoms with Crippen LogP contribution in [-0.2, 0) is 14.4 Å². The van der Waals surface area contributed by atoms with Crippen LogP contribution in [0.3, 0.4) is 0 Å². The van der Waals surface area contributed by atoms with Crippen molar-refractivity contribution in [2.24, 2.45) is 0 Å². The number of aryl methyl sites for hydroxylation is 1. The van der Waals surface area contributed by atoms with Crippen molar-refractivity contribution in [1.82, 2.24) is 15.1 Å². The second kappa shape index (κ2) is 7.46. The number of benzene rings is 1. The number of hydrogen-bond donors (Lipinski definition) is 1. The van der Waals surface area contributed by atoms with E-state index in [4.69, 9.17) is 0 Å². The van der Waals surface area contributed by atoms with Gasteiger partial charge in [0.25, 0.3) is 0 Å². The predicted octanol–water partition coefficient (Wildman–Crippen LogP) is 1.76. The highest BCUT2D eigenvalue weighted by Gasteiger charge is 2.46. The van der Waals surface area contributed by atoms with Crippen molar-refractivity contribution in [3.05, 3.63) is 35.4 Å². The van der Waals surface area contributed by atoms with Crippen molar-refractivity contribution in [3.63, 3.8) is 0 Å². The first-order valence-corrected chi connectivity index (χ1v) is 8.31. The second-order valence-electron chi connectivity index (χ2n) is 6.38. The molecule has 0 unspecified atom stereocenters. The largest absolute Gasteiger partial charge is 0.348 e. The average Bonchev–Trinajstić information content (AvgIpc) is 2.77. The third-order valence-electron chi connectivity index (χ3n) is 4.13. The lowest BCUT2D eigenvalue weighted by molar-refractivity contribution is -0.144. The summed E-state index contributed by atoms with van der Waals surface area (Å²) in [5, 5.41) is 2.81. The number of carbonyl (C=O) groups is 4. The molecule has 1 fully saturated rings. The van der Waals surface area contributed by atoms with Crippen LogP contribution in [0.2, 0.25) is 0 Å². The highest BCUT2D eigenvalue weighted by molar-refractivity contribution is 6.45. The fraction of sp³-hybridized carbons (Fsp3) is 0.444. The smallest absolute Gasteiger partial charge is 0.334 e. The summed E-state index contributed by atoms with van der Waals surface area (Å²) in [6.07, 6.45) is 0.660. The molecule has 7 nitrogen and oxygen atoms in total. The summed E-state index contributed by atoms with van der Waals surface area (Å²) in [5.74, 6) is -2.33. The average molecular weight is 345 g/mol. The molecule has 0 aromatic heterocycles. The summed E-state index contributed by atoms with van der Waals surface area (Å²) >= 11 is 0. The molecule has 1 aromatic carbocycles. The zero-order chi connectivity index (χ0) is 18.7. The van der Waals surface area contributed by atoms with E-state index in [0.29, 0.717) is 11.3 Å². The minimum absolute atomic E-state index is 0.224. The first-order chi connectivity index (χ1) is 11.8. The number of imide groups is 2. The molecule has 0 saturated carbocycles. The Kier molecular flexibility index (Phi) is 5.56. The number of urea groups is 1. The van der Waals surface area contributed by atoms with Crippen molar-refractivity contribution >= 4 is 23.8 Å². The second-order valence-corrected chi connectivity index (χ2v) is 6.38. The summed E-state index contributed by atoms with van der Waals surface area (Å²) in [6, 6.07) is 6.36. The maximum absolute atomic E-state index is 12.3. The number of hydrogen-bond acceptors (Lipinski definition) is 4. The van der Waals surface area contributed by atoms with Crippen LogP contribution in [0.5, 0.6) is 0 Å². The molecule has 1 N–H and O–H groups in total. The molecule has 25 heavy (non-hydrogen) atoms. The normalized spacial score (nSPS) is 16.0. The molecule has 1 saturated heterocycles. The number of amides is 5. The van der Waals surface area contributed by atoms with E-state index in [1.807, 2.05) is 38.1 Å². The van der Waals surface area contributed by atoms with Gasteiger partial charge in [0.1, 0.15) is 6.54 Å². The van der Waals surface area contributed by atoms with E-state index in [1.54, 1.807) is 13.8 Å². The Labute approximate surface area is 147 Å². The zero-order valence-electron chi connectivity index (χ0n) is 14.9. The highest BCUT2D eigenvalue weighted by Crippen LogP contribution is 2.18. The van der Waals surface area contributed by atoms with E-state index < -0.39 is 36.3 Å². The Bertz CT molecular complexity index is 697. The number of nitrogens with one attached hydrogen (secondary N) is 1. The summed E-state index contributed by atoms with van der Waals surface area (Å²) in [6.45, 7) is 6.72. The Morgan fingerprint density at radius 1 is 1.08 bits per heavy atom. The van der Waals surface area contributed by atoms with Crippen molar-refractivity contribution in [2.75, 3.05) is 6.54 Å². The fourth-order valence-electron chi connectivity index (χ4n) is 2.72. The molecule has 1 aliphatic heterocycles. The van der Waals surface area contributed by atoms with Crippen LogP contribution < -0.4 is 5.32 Å². The van der Waals surface area contributed by atoms with Crippen LogP contribution in [0, 0.1) is 6.92 Å². The lowest BCUT2D eigenvalue weighted by Gasteiger charge is -2.21. The predicted molar refractivity (Wildman–Crippen MR) is 91.4 cm³/mol. The zero-order valence-corrected chi connectivity index (χ0v) is 14.9. The number of carbonyl (C=O) groups excluding carboxylic acids is 4. The Balaban J connectivity index is 2.06. The Morgan fingerprint density at radius 2 is 1.68 bits per heavy atom. The van der Waals surface area contributed by atoms with Crippen molar-refractivity contribution in [3.8, 4) is 0 Å². The van der Waals surface area contributed by atoms with Gasteiger partial charge in [-0.2, -0.15) is 0 Å². The molecule has 0 aliphatic carbocycles. The molecule has 1 aliphatic rings. The van der Waals surface area contributed by atoms with Gasteiger partial charge in [0.2, 0.25) is 5.91 Å². The SMILES string of the molecule is CC[C@@H](NC(=O)CN1C(=O)C(=O)N(C(C)C)C1=O)c1ccc(C)cc1. The van der Waals surface area contributed by atoms with E-state index in [2.05, 4.69) is 5.32 Å². The summed E-state index contributed by atoms with van der Waals surface area (Å²) < 4.78 is 0. The Hall–Kier alpha value is -2.70. The van der Waals surface area contributed by atoms with Crippen molar-refractivity contribution in [2.45, 2.75) is 46.2 Å². The molecule has 7 heteroatoms. The third kappa shape index (κ3) is 3.87. The molecule has 0 bridgehead atoms. The molecule has 1 aromatic rings. The van der Waals surface area contributed by atoms with Crippen molar-refractivity contribution in [1.29, 1.82) is 0 Å². The van der Waals surface area contributed by atoms with Gasteiger partial charge in [-0.05, 0) is 32.8 Å². The first-order valence-electron chi connectivity index (χ1n) is 8.31. The van der Waals surface area contributed by atoms with E-state index >= 15 is 0 Å². The molecule has 1 heterocycles. The highest BCUT2D eigenvalue weighted by atomic mass is 16.2. The third-order valence-corrected chi connectivity index (χ3v) is 4.13. The lowest BCUT2D eigenvalue weighted by atomic mass is 10.0. The van der Waals surface area contributed by atoms with Crippen LogP contribution in [0.15, 0.2) is 24.3 Å². The molecule has 1 atom stereocenters. The van der Waals surface area contributed by atoms with Crippen LogP contribution in [0.4, 0.5) is 4.79 Å². The maximum atomic E-state index is 12.3. The van der Waals surface area contributed by atoms with Crippen LogP contribution in [-0.4, -0.2) is 46.1 Å². The first kappa shape index (κ1) is 18.6. The van der Waals surface area contributed by atoms with Gasteiger partial charge in [0.05, 0.1) is 6.04 Å². The van der Waals surface area contributed by atoms with E-state index in [0.717, 1.165) is 16.0 Å². The topological polar surface area (TPSA) is 86.8 Å². The van der Waals surface area contributed by atoms with Crippen LogP contribution in [0.1, 0.15) is 44.4 Å². The number of nitrogens with zero attached hydrogens (tertiary/aromatic N) is 2. The molecule has 134 valence electrons. The van der Waals surface area contributed by atoms with Gasteiger partial charge in [0, 0.05) is 6.04 Å². The molecule has 0 spiro atoms. The van der Waals surface area contributed by atoms with Gasteiger partial charge < -0.3 is 5.32 Å². The van der Waals surface area contributed by atoms with Gasteiger partial charge in [0.15, 0.2) is 0 Å². The van der Waals surface area contributed by atoms with Gasteiger partial charge in [-0.15, -0.1) is 0 Å². The molecular formula is C18H23N3O4. The monoisotopic (exact) mass is 345 g/mol. The van der Waals surface area contributed by atoms with Gasteiger partial charge in [-0.3, -0.25) is 19.3 Å². The minimum atomic E-state index is -0.961. The minimum Gasteiger partial charge on any atom is -0.348 e. The van der Waals surface area contributed by atoms with E-state index in [1.165, 1.54) is 0 Å². The van der Waals surface area contributed by atoms with Crippen LogP contribution in [0.25, 0.3) is 0 Å². The summed E-state index contributed by atoms with van der Waals surface area (Å²) in [5.41, 5.74) is 2.06. The fourth-order valence-corrected chi connectivity index (χ4v) is 2.72. The van der Waals surface area contributed by atoms with Crippen LogP contribution >= 0.6 is 0 Å². The molecule has 0 radical (unpaired) electrons. The standard InChI is InChI=1S/C18H23N3O4/c1-5-14(13-8-6-12(4)7-9-13)19-15(22)10-20-16(23)17(24)21(11(2)3)18(20)25/h6-9,11,14H,5,10H2,1-4H3,(H,19,22)/t14-/m1/s1. The summed E-state index contributed by atoms with van der Waals surface area (Å²) in [4.78, 5) is 49.9. The lowest BCUT2D eigenvalue weighted by Crippen LogP contribution is -2.43. The molecule has 2 rings (SSSR count). The van der Waals surface area contributed by atoms with Crippen molar-refractivity contribution < 1.29 is 19.2 Å².